The maximum Gasteiger partial charge on any atom is 0.407 e. The normalized spacial score (nSPS) is 19.9. The van der Waals surface area contributed by atoms with Crippen molar-refractivity contribution in [2.45, 2.75) is 43.7 Å². The Morgan fingerprint density at radius 2 is 1.76 bits per heavy atom. The van der Waals surface area contributed by atoms with Crippen LogP contribution in [0.25, 0.3) is 11.1 Å². The zero-order valence-electron chi connectivity index (χ0n) is 18.5. The van der Waals surface area contributed by atoms with Crippen LogP contribution in [-0.2, 0) is 19.1 Å². The van der Waals surface area contributed by atoms with Crippen LogP contribution in [0.4, 0.5) is 4.79 Å². The first-order valence-corrected chi connectivity index (χ1v) is 11.1. The molecule has 1 aliphatic heterocycles. The molecule has 1 aliphatic carbocycles. The molecule has 2 amide bonds. The minimum Gasteiger partial charge on any atom is -0.481 e. The molecule has 1 heterocycles. The molecule has 2 atom stereocenters. The molecule has 8 heteroatoms. The SMILES string of the molecule is CC1(CNC(=O)C(CC(=O)O)NC(=O)OCC2c3ccccc3-c3ccccc32)CCCO1. The highest BCUT2D eigenvalue weighted by Gasteiger charge is 2.33. The van der Waals surface area contributed by atoms with Crippen LogP contribution in [0.15, 0.2) is 48.5 Å². The second kappa shape index (κ2) is 9.62. The zero-order valence-corrected chi connectivity index (χ0v) is 18.5. The van der Waals surface area contributed by atoms with Crippen LogP contribution in [0.5, 0.6) is 0 Å². The van der Waals surface area contributed by atoms with Crippen molar-refractivity contribution in [1.29, 1.82) is 0 Å². The lowest BCUT2D eigenvalue weighted by atomic mass is 9.98. The molecule has 2 aliphatic rings. The number of hydrogen-bond donors (Lipinski definition) is 3. The van der Waals surface area contributed by atoms with Crippen LogP contribution in [0.2, 0.25) is 0 Å². The van der Waals surface area contributed by atoms with E-state index in [1.54, 1.807) is 0 Å². The third kappa shape index (κ3) is 5.17. The summed E-state index contributed by atoms with van der Waals surface area (Å²) in [4.78, 5) is 36.4. The molecular formula is C25H28N2O6. The number of alkyl carbamates (subject to hydrolysis) is 1. The molecule has 1 fully saturated rings. The molecule has 0 aromatic heterocycles. The van der Waals surface area contributed by atoms with E-state index < -0.39 is 36.0 Å². The van der Waals surface area contributed by atoms with E-state index in [0.717, 1.165) is 35.1 Å². The molecule has 0 bridgehead atoms. The van der Waals surface area contributed by atoms with Crippen molar-refractivity contribution >= 4 is 18.0 Å². The number of aliphatic carboxylic acids is 1. The van der Waals surface area contributed by atoms with E-state index in [9.17, 15) is 19.5 Å². The minimum atomic E-state index is -1.25. The first kappa shape index (κ1) is 22.8. The molecule has 1 saturated heterocycles. The number of rotatable bonds is 8. The highest BCUT2D eigenvalue weighted by molar-refractivity contribution is 5.89. The smallest absolute Gasteiger partial charge is 0.407 e. The molecule has 33 heavy (non-hydrogen) atoms. The highest BCUT2D eigenvalue weighted by atomic mass is 16.5. The average Bonchev–Trinajstić information content (AvgIpc) is 3.37. The second-order valence-electron chi connectivity index (χ2n) is 8.74. The number of carbonyl (C=O) groups is 3. The van der Waals surface area contributed by atoms with Gasteiger partial charge in [0.1, 0.15) is 12.6 Å². The van der Waals surface area contributed by atoms with Crippen molar-refractivity contribution < 1.29 is 29.0 Å². The molecule has 3 N–H and O–H groups in total. The average molecular weight is 453 g/mol. The van der Waals surface area contributed by atoms with Gasteiger partial charge in [0.25, 0.3) is 0 Å². The summed E-state index contributed by atoms with van der Waals surface area (Å²) in [6, 6.07) is 14.7. The quantitative estimate of drug-likeness (QED) is 0.567. The third-order valence-electron chi connectivity index (χ3n) is 6.27. The largest absolute Gasteiger partial charge is 0.481 e. The summed E-state index contributed by atoms with van der Waals surface area (Å²) in [6.07, 6.45) is 0.328. The van der Waals surface area contributed by atoms with E-state index in [0.29, 0.717) is 6.61 Å². The predicted molar refractivity (Wildman–Crippen MR) is 121 cm³/mol. The van der Waals surface area contributed by atoms with Gasteiger partial charge in [0.2, 0.25) is 5.91 Å². The monoisotopic (exact) mass is 452 g/mol. The third-order valence-corrected chi connectivity index (χ3v) is 6.27. The summed E-state index contributed by atoms with van der Waals surface area (Å²) in [7, 11) is 0. The Balaban J connectivity index is 1.38. The molecule has 2 unspecified atom stereocenters. The number of amides is 2. The van der Waals surface area contributed by atoms with Crippen molar-refractivity contribution in [1.82, 2.24) is 10.6 Å². The van der Waals surface area contributed by atoms with Gasteiger partial charge in [-0.15, -0.1) is 0 Å². The van der Waals surface area contributed by atoms with Gasteiger partial charge in [-0.05, 0) is 42.0 Å². The van der Waals surface area contributed by atoms with Crippen LogP contribution in [0.3, 0.4) is 0 Å². The van der Waals surface area contributed by atoms with Gasteiger partial charge in [-0.3, -0.25) is 9.59 Å². The molecule has 174 valence electrons. The number of hydrogen-bond acceptors (Lipinski definition) is 5. The molecule has 0 saturated carbocycles. The van der Waals surface area contributed by atoms with Crippen LogP contribution in [0.1, 0.15) is 43.2 Å². The Bertz CT molecular complexity index is 1000. The minimum absolute atomic E-state index is 0.0766. The van der Waals surface area contributed by atoms with E-state index in [1.807, 2.05) is 55.5 Å². The number of nitrogens with one attached hydrogen (secondary N) is 2. The predicted octanol–water partition coefficient (Wildman–Crippen LogP) is 3.05. The van der Waals surface area contributed by atoms with Crippen molar-refractivity contribution in [3.8, 4) is 11.1 Å². The van der Waals surface area contributed by atoms with Crippen molar-refractivity contribution in [3.63, 3.8) is 0 Å². The molecule has 0 spiro atoms. The van der Waals surface area contributed by atoms with Crippen LogP contribution in [0, 0.1) is 0 Å². The summed E-state index contributed by atoms with van der Waals surface area (Å²) >= 11 is 0. The second-order valence-corrected chi connectivity index (χ2v) is 8.74. The summed E-state index contributed by atoms with van der Waals surface area (Å²) in [5, 5.41) is 14.3. The first-order chi connectivity index (χ1) is 15.9. The van der Waals surface area contributed by atoms with Gasteiger partial charge in [0.15, 0.2) is 0 Å². The van der Waals surface area contributed by atoms with Gasteiger partial charge >= 0.3 is 12.1 Å². The summed E-state index contributed by atoms with van der Waals surface area (Å²) in [6.45, 7) is 2.84. The van der Waals surface area contributed by atoms with Crippen LogP contribution >= 0.6 is 0 Å². The maximum absolute atomic E-state index is 12.6. The molecule has 2 aromatic carbocycles. The Hall–Kier alpha value is -3.39. The Morgan fingerprint density at radius 3 is 2.33 bits per heavy atom. The summed E-state index contributed by atoms with van der Waals surface area (Å²) in [5.41, 5.74) is 3.86. The maximum atomic E-state index is 12.6. The molecule has 8 nitrogen and oxygen atoms in total. The number of benzene rings is 2. The van der Waals surface area contributed by atoms with Gasteiger partial charge in [0.05, 0.1) is 12.0 Å². The van der Waals surface area contributed by atoms with Crippen LogP contribution < -0.4 is 10.6 Å². The highest BCUT2D eigenvalue weighted by Crippen LogP contribution is 2.44. The lowest BCUT2D eigenvalue weighted by Gasteiger charge is -2.25. The molecule has 0 radical (unpaired) electrons. The van der Waals surface area contributed by atoms with E-state index in [-0.39, 0.29) is 19.1 Å². The van der Waals surface area contributed by atoms with Gasteiger partial charge in [-0.2, -0.15) is 0 Å². The van der Waals surface area contributed by atoms with Gasteiger partial charge in [-0.25, -0.2) is 4.79 Å². The lowest BCUT2D eigenvalue weighted by Crippen LogP contribution is -2.51. The number of fused-ring (bicyclic) bond motifs is 3. The summed E-state index contributed by atoms with van der Waals surface area (Å²) < 4.78 is 11.1. The summed E-state index contributed by atoms with van der Waals surface area (Å²) in [5.74, 6) is -1.91. The Morgan fingerprint density at radius 1 is 1.12 bits per heavy atom. The van der Waals surface area contributed by atoms with E-state index in [2.05, 4.69) is 10.6 Å². The Kier molecular flexibility index (Phi) is 6.65. The van der Waals surface area contributed by atoms with E-state index in [4.69, 9.17) is 9.47 Å². The van der Waals surface area contributed by atoms with E-state index in [1.165, 1.54) is 0 Å². The fraction of sp³-hybridized carbons (Fsp3) is 0.400. The fourth-order valence-electron chi connectivity index (χ4n) is 4.54. The standard InChI is InChI=1S/C25H28N2O6/c1-25(11-6-12-33-25)15-26-23(30)21(13-22(28)29)27-24(31)32-14-20-18-9-4-2-7-16(18)17-8-3-5-10-19(17)20/h2-5,7-10,20-21H,6,11-15H2,1H3,(H,26,30)(H,27,31)(H,28,29). The number of carboxylic acid groups (broad SMARTS) is 1. The first-order valence-electron chi connectivity index (χ1n) is 11.1. The molecular weight excluding hydrogens is 424 g/mol. The van der Waals surface area contributed by atoms with Crippen molar-refractivity contribution in [2.75, 3.05) is 19.8 Å². The van der Waals surface area contributed by atoms with Gasteiger partial charge in [-0.1, -0.05) is 48.5 Å². The van der Waals surface area contributed by atoms with Crippen molar-refractivity contribution in [2.24, 2.45) is 0 Å². The topological polar surface area (TPSA) is 114 Å². The Labute approximate surface area is 192 Å². The van der Waals surface area contributed by atoms with Gasteiger partial charge in [0, 0.05) is 19.1 Å². The number of carboxylic acids is 1. The molecule has 2 aromatic rings. The number of carbonyl (C=O) groups excluding carboxylic acids is 2. The fourth-order valence-corrected chi connectivity index (χ4v) is 4.54. The van der Waals surface area contributed by atoms with Crippen molar-refractivity contribution in [3.05, 3.63) is 59.7 Å². The van der Waals surface area contributed by atoms with E-state index >= 15 is 0 Å². The molecule has 4 rings (SSSR count). The lowest BCUT2D eigenvalue weighted by molar-refractivity contribution is -0.140. The zero-order chi connectivity index (χ0) is 23.4. The van der Waals surface area contributed by atoms with Gasteiger partial charge < -0.3 is 25.2 Å². The number of ether oxygens (including phenoxy) is 2. The van der Waals surface area contributed by atoms with Crippen LogP contribution in [-0.4, -0.2) is 54.5 Å².